The van der Waals surface area contributed by atoms with Gasteiger partial charge >= 0.3 is 5.97 Å². The molecule has 0 aliphatic heterocycles. The first-order chi connectivity index (χ1) is 9.06. The molecule has 5 N–H and O–H groups in total. The standard InChI is InChI=1S/C11H17N3O5S/c1-5(4-8(12)15)14-20(18,19)10-6(2)9(11(16)17)13-7(10)3/h5,13-14H,4H2,1-3H3,(H2,12,15)(H,16,17). The molecule has 0 saturated carbocycles. The lowest BCUT2D eigenvalue weighted by atomic mass is 10.2. The maximum Gasteiger partial charge on any atom is 0.352 e. The molecule has 0 radical (unpaired) electrons. The van der Waals surface area contributed by atoms with E-state index in [1.807, 2.05) is 0 Å². The second kappa shape index (κ2) is 5.63. The topological polar surface area (TPSA) is 142 Å². The van der Waals surface area contributed by atoms with E-state index in [0.29, 0.717) is 0 Å². The number of primary amides is 1. The summed E-state index contributed by atoms with van der Waals surface area (Å²) in [5, 5.41) is 8.96. The Bertz CT molecular complexity index is 647. The van der Waals surface area contributed by atoms with Crippen LogP contribution in [0.3, 0.4) is 0 Å². The van der Waals surface area contributed by atoms with Crippen LogP contribution in [-0.2, 0) is 14.8 Å². The molecule has 0 fully saturated rings. The van der Waals surface area contributed by atoms with E-state index in [1.54, 1.807) is 0 Å². The molecule has 0 aliphatic rings. The Labute approximate surface area is 116 Å². The van der Waals surface area contributed by atoms with Crippen LogP contribution in [0, 0.1) is 13.8 Å². The van der Waals surface area contributed by atoms with Gasteiger partial charge in [-0.3, -0.25) is 4.79 Å². The number of carboxylic acids is 1. The maximum atomic E-state index is 12.2. The number of rotatable bonds is 6. The molecular formula is C11H17N3O5S. The predicted molar refractivity (Wildman–Crippen MR) is 70.8 cm³/mol. The number of sulfonamides is 1. The van der Waals surface area contributed by atoms with Crippen molar-refractivity contribution < 1.29 is 23.1 Å². The highest BCUT2D eigenvalue weighted by Crippen LogP contribution is 2.23. The molecule has 1 aromatic heterocycles. The van der Waals surface area contributed by atoms with Gasteiger partial charge in [0.05, 0.1) is 0 Å². The van der Waals surface area contributed by atoms with Crippen molar-refractivity contribution in [3.05, 3.63) is 17.0 Å². The SMILES string of the molecule is Cc1[nH]c(C(=O)O)c(C)c1S(=O)(=O)NC(C)CC(N)=O. The molecule has 1 aromatic rings. The van der Waals surface area contributed by atoms with Crippen molar-refractivity contribution in [2.75, 3.05) is 0 Å². The van der Waals surface area contributed by atoms with Crippen LogP contribution in [-0.4, -0.2) is 36.4 Å². The third-order valence-electron chi connectivity index (χ3n) is 2.71. The minimum absolute atomic E-state index is 0.119. The summed E-state index contributed by atoms with van der Waals surface area (Å²) in [6.45, 7) is 4.37. The first-order valence-corrected chi connectivity index (χ1v) is 7.27. The van der Waals surface area contributed by atoms with Crippen LogP contribution in [0.5, 0.6) is 0 Å². The Morgan fingerprint density at radius 2 is 1.95 bits per heavy atom. The molecule has 112 valence electrons. The van der Waals surface area contributed by atoms with Gasteiger partial charge in [-0.15, -0.1) is 0 Å². The highest BCUT2D eigenvalue weighted by atomic mass is 32.2. The smallest absolute Gasteiger partial charge is 0.352 e. The Kier molecular flexibility index (Phi) is 4.56. The van der Waals surface area contributed by atoms with Gasteiger partial charge in [0.1, 0.15) is 10.6 Å². The summed E-state index contributed by atoms with van der Waals surface area (Å²) < 4.78 is 26.7. The minimum atomic E-state index is -3.93. The van der Waals surface area contributed by atoms with Crippen LogP contribution in [0.4, 0.5) is 0 Å². The Hall–Kier alpha value is -1.87. The van der Waals surface area contributed by atoms with Crippen molar-refractivity contribution in [2.24, 2.45) is 5.73 Å². The molecule has 0 aromatic carbocycles. The van der Waals surface area contributed by atoms with Crippen molar-refractivity contribution in [3.63, 3.8) is 0 Å². The van der Waals surface area contributed by atoms with Gasteiger partial charge in [-0.25, -0.2) is 17.9 Å². The molecule has 1 rings (SSSR count). The summed E-state index contributed by atoms with van der Waals surface area (Å²) in [7, 11) is -3.93. The molecule has 0 saturated heterocycles. The normalized spacial score (nSPS) is 13.2. The zero-order chi connectivity index (χ0) is 15.7. The number of carbonyl (C=O) groups is 2. The third-order valence-corrected chi connectivity index (χ3v) is 4.58. The van der Waals surface area contributed by atoms with Crippen molar-refractivity contribution in [3.8, 4) is 0 Å². The number of aromatic carboxylic acids is 1. The number of aromatic nitrogens is 1. The summed E-state index contributed by atoms with van der Waals surface area (Å²) in [6.07, 6.45) is -0.145. The largest absolute Gasteiger partial charge is 0.477 e. The number of H-pyrrole nitrogens is 1. The summed E-state index contributed by atoms with van der Waals surface area (Å²) in [5.41, 5.74) is 5.16. The maximum absolute atomic E-state index is 12.2. The molecule has 0 spiro atoms. The second-order valence-electron chi connectivity index (χ2n) is 4.58. The zero-order valence-corrected chi connectivity index (χ0v) is 12.2. The second-order valence-corrected chi connectivity index (χ2v) is 6.23. The first kappa shape index (κ1) is 16.2. The molecule has 1 amide bonds. The van der Waals surface area contributed by atoms with Crippen LogP contribution in [0.2, 0.25) is 0 Å². The van der Waals surface area contributed by atoms with Crippen molar-refractivity contribution >= 4 is 21.9 Å². The third kappa shape index (κ3) is 3.36. The molecule has 0 aliphatic carbocycles. The molecule has 0 bridgehead atoms. The lowest BCUT2D eigenvalue weighted by Crippen LogP contribution is -2.36. The number of nitrogens with two attached hydrogens (primary N) is 1. The fourth-order valence-corrected chi connectivity index (χ4v) is 3.71. The number of carbonyl (C=O) groups excluding carboxylic acids is 1. The molecular weight excluding hydrogens is 286 g/mol. The molecule has 20 heavy (non-hydrogen) atoms. The van der Waals surface area contributed by atoms with Gasteiger partial charge in [0.25, 0.3) is 0 Å². The monoisotopic (exact) mass is 303 g/mol. The number of nitrogens with one attached hydrogen (secondary N) is 2. The molecule has 8 nitrogen and oxygen atoms in total. The van der Waals surface area contributed by atoms with Crippen molar-refractivity contribution in [2.45, 2.75) is 38.1 Å². The molecule has 1 unspecified atom stereocenters. The van der Waals surface area contributed by atoms with Crippen LogP contribution in [0.1, 0.15) is 35.1 Å². The van der Waals surface area contributed by atoms with E-state index in [0.717, 1.165) is 0 Å². The summed E-state index contributed by atoms with van der Waals surface area (Å²) >= 11 is 0. The molecule has 1 atom stereocenters. The van der Waals surface area contributed by atoms with E-state index in [2.05, 4.69) is 9.71 Å². The number of hydrogen-bond acceptors (Lipinski definition) is 4. The van der Waals surface area contributed by atoms with Crippen LogP contribution < -0.4 is 10.5 Å². The van der Waals surface area contributed by atoms with Crippen molar-refractivity contribution in [1.29, 1.82) is 0 Å². The van der Waals surface area contributed by atoms with Gasteiger partial charge in [-0.1, -0.05) is 0 Å². The Morgan fingerprint density at radius 3 is 2.35 bits per heavy atom. The van der Waals surface area contributed by atoms with Gasteiger partial charge in [0, 0.05) is 23.7 Å². The van der Waals surface area contributed by atoms with Crippen molar-refractivity contribution in [1.82, 2.24) is 9.71 Å². The lowest BCUT2D eigenvalue weighted by Gasteiger charge is -2.13. The van der Waals surface area contributed by atoms with E-state index in [-0.39, 0.29) is 28.3 Å². The summed E-state index contributed by atoms with van der Waals surface area (Å²) in [4.78, 5) is 24.1. The summed E-state index contributed by atoms with van der Waals surface area (Å²) in [5.74, 6) is -1.87. The highest BCUT2D eigenvalue weighted by molar-refractivity contribution is 7.89. The number of aromatic amines is 1. The fraction of sp³-hybridized carbons (Fsp3) is 0.455. The molecule has 9 heteroatoms. The number of hydrogen-bond donors (Lipinski definition) is 4. The predicted octanol–water partition coefficient (Wildman–Crippen LogP) is -0.128. The highest BCUT2D eigenvalue weighted by Gasteiger charge is 2.27. The van der Waals surface area contributed by atoms with Gasteiger partial charge in [-0.05, 0) is 20.8 Å². The summed E-state index contributed by atoms with van der Waals surface area (Å²) in [6, 6.07) is -0.681. The van der Waals surface area contributed by atoms with E-state index in [9.17, 15) is 18.0 Å². The number of aryl methyl sites for hydroxylation is 1. The van der Waals surface area contributed by atoms with Gasteiger partial charge in [-0.2, -0.15) is 0 Å². The average molecular weight is 303 g/mol. The fourth-order valence-electron chi connectivity index (χ4n) is 2.02. The van der Waals surface area contributed by atoms with E-state index >= 15 is 0 Å². The zero-order valence-electron chi connectivity index (χ0n) is 11.4. The number of amides is 1. The van der Waals surface area contributed by atoms with Gasteiger partial charge in [0.2, 0.25) is 15.9 Å². The Morgan fingerprint density at radius 1 is 1.40 bits per heavy atom. The van der Waals surface area contributed by atoms with Crippen LogP contribution >= 0.6 is 0 Å². The lowest BCUT2D eigenvalue weighted by molar-refractivity contribution is -0.118. The minimum Gasteiger partial charge on any atom is -0.477 e. The van der Waals surface area contributed by atoms with E-state index in [4.69, 9.17) is 10.8 Å². The first-order valence-electron chi connectivity index (χ1n) is 5.79. The van der Waals surface area contributed by atoms with Crippen LogP contribution in [0.15, 0.2) is 4.90 Å². The van der Waals surface area contributed by atoms with Gasteiger partial charge in [0.15, 0.2) is 0 Å². The van der Waals surface area contributed by atoms with Gasteiger partial charge < -0.3 is 15.8 Å². The van der Waals surface area contributed by atoms with E-state index < -0.39 is 27.9 Å². The molecule has 1 heterocycles. The Balaban J connectivity index is 3.17. The quantitative estimate of drug-likeness (QED) is 0.579. The van der Waals surface area contributed by atoms with Crippen LogP contribution in [0.25, 0.3) is 0 Å². The number of carboxylic acid groups (broad SMARTS) is 1. The average Bonchev–Trinajstić information content (AvgIpc) is 2.52. The van der Waals surface area contributed by atoms with E-state index in [1.165, 1.54) is 20.8 Å².